The molecule has 1 amide bonds. The van der Waals surface area contributed by atoms with Gasteiger partial charge in [0, 0.05) is 12.1 Å². The molecule has 0 radical (unpaired) electrons. The molecule has 2 atom stereocenters. The molecular formula is C15H22N2O2. The molecule has 2 N–H and O–H groups in total. The van der Waals surface area contributed by atoms with Crippen LogP contribution < -0.4 is 10.6 Å². The number of nitrogens with zero attached hydrogens (tertiary/aromatic N) is 1. The minimum atomic E-state index is -0.495. The predicted molar refractivity (Wildman–Crippen MR) is 76.2 cm³/mol. The molecule has 1 aliphatic rings. The maximum absolute atomic E-state index is 12.4. The number of amides is 1. The highest BCUT2D eigenvalue weighted by atomic mass is 16.6. The third-order valence-corrected chi connectivity index (χ3v) is 3.22. The standard InChI is InChI=1S/C15H22N2O2/c1-10-9-12(16)11-7-5-6-8-13(11)17(10)14(18)19-15(2,3)4/h5-8,10,12H,9,16H2,1-4H3/t10-,12+/m0/s1. The predicted octanol–water partition coefficient (Wildman–Crippen LogP) is 3.22. The maximum atomic E-state index is 12.4. The summed E-state index contributed by atoms with van der Waals surface area (Å²) in [6.07, 6.45) is 0.440. The Morgan fingerprint density at radius 1 is 1.37 bits per heavy atom. The van der Waals surface area contributed by atoms with Crippen molar-refractivity contribution >= 4 is 11.8 Å². The molecule has 2 rings (SSSR count). The van der Waals surface area contributed by atoms with E-state index in [1.54, 1.807) is 4.90 Å². The Bertz CT molecular complexity index is 479. The van der Waals surface area contributed by atoms with Crippen LogP contribution in [0, 0.1) is 0 Å². The van der Waals surface area contributed by atoms with Gasteiger partial charge < -0.3 is 10.5 Å². The van der Waals surface area contributed by atoms with Crippen molar-refractivity contribution in [2.75, 3.05) is 4.90 Å². The zero-order valence-electron chi connectivity index (χ0n) is 12.0. The second-order valence-electron chi connectivity index (χ2n) is 6.10. The van der Waals surface area contributed by atoms with E-state index in [0.29, 0.717) is 0 Å². The number of hydrogen-bond acceptors (Lipinski definition) is 3. The van der Waals surface area contributed by atoms with Gasteiger partial charge in [-0.2, -0.15) is 0 Å². The number of para-hydroxylation sites is 1. The van der Waals surface area contributed by atoms with Crippen LogP contribution in [0.3, 0.4) is 0 Å². The van der Waals surface area contributed by atoms with Gasteiger partial charge in [-0.3, -0.25) is 4.90 Å². The van der Waals surface area contributed by atoms with Crippen LogP contribution in [0.25, 0.3) is 0 Å². The first-order valence-corrected chi connectivity index (χ1v) is 6.66. The van der Waals surface area contributed by atoms with E-state index in [4.69, 9.17) is 10.5 Å². The van der Waals surface area contributed by atoms with Gasteiger partial charge in [-0.1, -0.05) is 18.2 Å². The van der Waals surface area contributed by atoms with Crippen LogP contribution in [-0.4, -0.2) is 17.7 Å². The molecule has 1 heterocycles. The summed E-state index contributed by atoms with van der Waals surface area (Å²) in [6.45, 7) is 7.62. The van der Waals surface area contributed by atoms with Crippen molar-refractivity contribution in [2.24, 2.45) is 5.73 Å². The van der Waals surface area contributed by atoms with Crippen LogP contribution >= 0.6 is 0 Å². The monoisotopic (exact) mass is 262 g/mol. The summed E-state index contributed by atoms with van der Waals surface area (Å²) in [6, 6.07) is 7.78. The van der Waals surface area contributed by atoms with Crippen LogP contribution in [0.5, 0.6) is 0 Å². The Kier molecular flexibility index (Phi) is 3.54. The molecule has 0 fully saturated rings. The summed E-state index contributed by atoms with van der Waals surface area (Å²) >= 11 is 0. The topological polar surface area (TPSA) is 55.6 Å². The average molecular weight is 262 g/mol. The van der Waals surface area contributed by atoms with Crippen molar-refractivity contribution in [1.82, 2.24) is 0 Å². The van der Waals surface area contributed by atoms with Crippen molar-refractivity contribution < 1.29 is 9.53 Å². The summed E-state index contributed by atoms with van der Waals surface area (Å²) in [5, 5.41) is 0. The van der Waals surface area contributed by atoms with E-state index in [9.17, 15) is 4.79 Å². The molecule has 1 aromatic rings. The lowest BCUT2D eigenvalue weighted by molar-refractivity contribution is 0.0562. The quantitative estimate of drug-likeness (QED) is 0.781. The number of fused-ring (bicyclic) bond motifs is 1. The third-order valence-electron chi connectivity index (χ3n) is 3.22. The molecule has 0 aliphatic carbocycles. The van der Waals surface area contributed by atoms with Crippen molar-refractivity contribution in [3.05, 3.63) is 29.8 Å². The van der Waals surface area contributed by atoms with E-state index in [2.05, 4.69) is 0 Å². The number of carbonyl (C=O) groups is 1. The summed E-state index contributed by atoms with van der Waals surface area (Å²) in [7, 11) is 0. The van der Waals surface area contributed by atoms with Gasteiger partial charge in [0.2, 0.25) is 0 Å². The minimum Gasteiger partial charge on any atom is -0.443 e. The van der Waals surface area contributed by atoms with Gasteiger partial charge in [0.15, 0.2) is 0 Å². The van der Waals surface area contributed by atoms with Crippen molar-refractivity contribution in [3.63, 3.8) is 0 Å². The molecule has 0 aromatic heterocycles. The fourth-order valence-electron chi connectivity index (χ4n) is 2.45. The third kappa shape index (κ3) is 2.89. The van der Waals surface area contributed by atoms with Crippen LogP contribution in [0.2, 0.25) is 0 Å². The molecule has 0 unspecified atom stereocenters. The number of ether oxygens (including phenoxy) is 1. The number of carbonyl (C=O) groups excluding carboxylic acids is 1. The van der Waals surface area contributed by atoms with E-state index in [-0.39, 0.29) is 18.2 Å². The second kappa shape index (κ2) is 4.85. The molecule has 4 nitrogen and oxygen atoms in total. The Morgan fingerprint density at radius 2 is 2.00 bits per heavy atom. The van der Waals surface area contributed by atoms with Crippen LogP contribution in [0.4, 0.5) is 10.5 Å². The lowest BCUT2D eigenvalue weighted by atomic mass is 9.93. The van der Waals surface area contributed by atoms with Crippen LogP contribution in [-0.2, 0) is 4.74 Å². The zero-order chi connectivity index (χ0) is 14.2. The fraction of sp³-hybridized carbons (Fsp3) is 0.533. The van der Waals surface area contributed by atoms with Crippen LogP contribution in [0.15, 0.2) is 24.3 Å². The molecule has 19 heavy (non-hydrogen) atoms. The van der Waals surface area contributed by atoms with E-state index in [1.165, 1.54) is 0 Å². The van der Waals surface area contributed by atoms with Gasteiger partial charge in [-0.15, -0.1) is 0 Å². The zero-order valence-corrected chi connectivity index (χ0v) is 12.0. The molecule has 0 saturated carbocycles. The molecule has 4 heteroatoms. The van der Waals surface area contributed by atoms with Gasteiger partial charge in [0.05, 0.1) is 5.69 Å². The SMILES string of the molecule is C[C@H]1C[C@@H](N)c2ccccc2N1C(=O)OC(C)(C)C. The molecular weight excluding hydrogens is 240 g/mol. The number of nitrogens with two attached hydrogens (primary N) is 1. The van der Waals surface area contributed by atoms with Gasteiger partial charge in [-0.05, 0) is 45.7 Å². The Labute approximate surface area is 114 Å². The van der Waals surface area contributed by atoms with E-state index in [0.717, 1.165) is 17.7 Å². The first-order valence-electron chi connectivity index (χ1n) is 6.66. The van der Waals surface area contributed by atoms with Crippen LogP contribution in [0.1, 0.15) is 45.7 Å². The first kappa shape index (κ1) is 13.9. The van der Waals surface area contributed by atoms with Gasteiger partial charge in [0.25, 0.3) is 0 Å². The lowest BCUT2D eigenvalue weighted by Crippen LogP contribution is -2.46. The lowest BCUT2D eigenvalue weighted by Gasteiger charge is -2.38. The summed E-state index contributed by atoms with van der Waals surface area (Å²) in [5.74, 6) is 0. The number of rotatable bonds is 0. The van der Waals surface area contributed by atoms with E-state index < -0.39 is 5.60 Å². The molecule has 1 aromatic carbocycles. The van der Waals surface area contributed by atoms with Crippen molar-refractivity contribution in [1.29, 1.82) is 0 Å². The first-order chi connectivity index (χ1) is 8.79. The minimum absolute atomic E-state index is 0.0233. The smallest absolute Gasteiger partial charge is 0.415 e. The number of hydrogen-bond donors (Lipinski definition) is 1. The normalized spacial score (nSPS) is 22.9. The summed E-state index contributed by atoms with van der Waals surface area (Å²) in [4.78, 5) is 14.1. The van der Waals surface area contributed by atoms with Crippen molar-refractivity contribution in [2.45, 2.75) is 51.8 Å². The second-order valence-corrected chi connectivity index (χ2v) is 6.10. The molecule has 1 aliphatic heterocycles. The molecule has 0 spiro atoms. The van der Waals surface area contributed by atoms with E-state index >= 15 is 0 Å². The summed E-state index contributed by atoms with van der Waals surface area (Å²) in [5.41, 5.74) is 7.52. The molecule has 0 saturated heterocycles. The number of anilines is 1. The molecule has 104 valence electrons. The van der Waals surface area contributed by atoms with Gasteiger partial charge in [-0.25, -0.2) is 4.79 Å². The maximum Gasteiger partial charge on any atom is 0.415 e. The highest BCUT2D eigenvalue weighted by Gasteiger charge is 2.34. The average Bonchev–Trinajstić information content (AvgIpc) is 2.26. The largest absolute Gasteiger partial charge is 0.443 e. The highest BCUT2D eigenvalue weighted by Crippen LogP contribution is 2.36. The van der Waals surface area contributed by atoms with Gasteiger partial charge >= 0.3 is 6.09 Å². The van der Waals surface area contributed by atoms with Gasteiger partial charge in [0.1, 0.15) is 5.60 Å². The van der Waals surface area contributed by atoms with Crippen molar-refractivity contribution in [3.8, 4) is 0 Å². The molecule has 0 bridgehead atoms. The highest BCUT2D eigenvalue weighted by molar-refractivity contribution is 5.90. The fourth-order valence-corrected chi connectivity index (χ4v) is 2.45. The Morgan fingerprint density at radius 3 is 2.63 bits per heavy atom. The Balaban J connectivity index is 2.35. The Hall–Kier alpha value is -1.55. The number of benzene rings is 1. The summed E-state index contributed by atoms with van der Waals surface area (Å²) < 4.78 is 5.49. The van der Waals surface area contributed by atoms with E-state index in [1.807, 2.05) is 52.0 Å².